The van der Waals surface area contributed by atoms with Gasteiger partial charge in [-0.15, -0.1) is 0 Å². The summed E-state index contributed by atoms with van der Waals surface area (Å²) in [5.41, 5.74) is -0.596. The first kappa shape index (κ1) is 16.1. The van der Waals surface area contributed by atoms with Gasteiger partial charge in [0.1, 0.15) is 0 Å². The SMILES string of the molecule is CC1(O)C2CC3CC(C2)CC1C3.CC1(O)C2CC3CC(C2)CC1C3. The first-order valence-electron chi connectivity index (χ1n) is 10.8. The molecule has 8 saturated carbocycles. The summed E-state index contributed by atoms with van der Waals surface area (Å²) in [5, 5.41) is 20.6. The third kappa shape index (κ3) is 2.35. The molecule has 0 aromatic rings. The number of hydrogen-bond donors (Lipinski definition) is 2. The summed E-state index contributed by atoms with van der Waals surface area (Å²) < 4.78 is 0. The van der Waals surface area contributed by atoms with Crippen molar-refractivity contribution in [1.29, 1.82) is 0 Å². The fraction of sp³-hybridized carbons (Fsp3) is 1.00. The van der Waals surface area contributed by atoms with Crippen LogP contribution in [-0.2, 0) is 0 Å². The van der Waals surface area contributed by atoms with Crippen LogP contribution in [0.1, 0.15) is 78.1 Å². The lowest BCUT2D eigenvalue weighted by Gasteiger charge is -2.57. The average molecular weight is 333 g/mol. The van der Waals surface area contributed by atoms with E-state index in [2.05, 4.69) is 13.8 Å². The van der Waals surface area contributed by atoms with Gasteiger partial charge in [-0.25, -0.2) is 0 Å². The van der Waals surface area contributed by atoms with E-state index < -0.39 is 0 Å². The van der Waals surface area contributed by atoms with Crippen molar-refractivity contribution in [1.82, 2.24) is 0 Å². The third-order valence-corrected chi connectivity index (χ3v) is 9.58. The number of aliphatic hydroxyl groups is 2. The highest BCUT2D eigenvalue weighted by Gasteiger charge is 2.54. The molecule has 2 heteroatoms. The predicted molar refractivity (Wildman–Crippen MR) is 95.3 cm³/mol. The lowest BCUT2D eigenvalue weighted by molar-refractivity contribution is -0.161. The molecule has 24 heavy (non-hydrogen) atoms. The third-order valence-electron chi connectivity index (χ3n) is 9.58. The maximum atomic E-state index is 10.3. The van der Waals surface area contributed by atoms with Crippen LogP contribution in [0, 0.1) is 47.3 Å². The minimum Gasteiger partial charge on any atom is -0.390 e. The fourth-order valence-corrected chi connectivity index (χ4v) is 8.28. The Hall–Kier alpha value is -0.0800. The van der Waals surface area contributed by atoms with E-state index in [4.69, 9.17) is 0 Å². The summed E-state index contributed by atoms with van der Waals surface area (Å²) in [5.74, 6) is 6.51. The second-order valence-corrected chi connectivity index (χ2v) is 11.1. The van der Waals surface area contributed by atoms with Gasteiger partial charge in [-0.05, 0) is 125 Å². The Balaban J connectivity index is 0.000000109. The van der Waals surface area contributed by atoms with Crippen molar-refractivity contribution in [2.75, 3.05) is 0 Å². The molecule has 136 valence electrons. The van der Waals surface area contributed by atoms with Crippen molar-refractivity contribution < 1.29 is 10.2 Å². The Bertz CT molecular complexity index is 400. The Kier molecular flexibility index (Phi) is 3.51. The molecule has 0 aliphatic heterocycles. The van der Waals surface area contributed by atoms with Crippen LogP contribution in [0.4, 0.5) is 0 Å². The van der Waals surface area contributed by atoms with Crippen LogP contribution in [0.5, 0.6) is 0 Å². The highest BCUT2D eigenvalue weighted by Crippen LogP contribution is 2.59. The molecule has 8 bridgehead atoms. The lowest BCUT2D eigenvalue weighted by Crippen LogP contribution is -2.55. The Labute approximate surface area is 147 Å². The Morgan fingerprint density at radius 1 is 0.458 bits per heavy atom. The van der Waals surface area contributed by atoms with Gasteiger partial charge in [0.2, 0.25) is 0 Å². The molecule has 8 rings (SSSR count). The molecule has 0 unspecified atom stereocenters. The summed E-state index contributed by atoms with van der Waals surface area (Å²) >= 11 is 0. The summed E-state index contributed by atoms with van der Waals surface area (Å²) in [4.78, 5) is 0. The zero-order valence-electron chi connectivity index (χ0n) is 15.6. The fourth-order valence-electron chi connectivity index (χ4n) is 8.28. The van der Waals surface area contributed by atoms with Crippen LogP contribution in [0.3, 0.4) is 0 Å². The predicted octanol–water partition coefficient (Wildman–Crippen LogP) is 4.39. The molecule has 0 aromatic heterocycles. The van der Waals surface area contributed by atoms with E-state index in [0.717, 1.165) is 23.7 Å². The molecule has 0 radical (unpaired) electrons. The van der Waals surface area contributed by atoms with E-state index in [1.165, 1.54) is 64.2 Å². The van der Waals surface area contributed by atoms with E-state index in [-0.39, 0.29) is 11.2 Å². The van der Waals surface area contributed by atoms with Crippen molar-refractivity contribution in [3.05, 3.63) is 0 Å². The zero-order valence-corrected chi connectivity index (χ0v) is 15.6. The van der Waals surface area contributed by atoms with Gasteiger partial charge in [0, 0.05) is 0 Å². The molecule has 8 aliphatic carbocycles. The van der Waals surface area contributed by atoms with Crippen LogP contribution < -0.4 is 0 Å². The largest absolute Gasteiger partial charge is 0.390 e. The van der Waals surface area contributed by atoms with E-state index in [1.54, 1.807) is 0 Å². The standard InChI is InChI=1S/2C11H18O/c2*1-11(12)9-3-7-2-8(5-9)6-10(11)4-7/h2*7-10,12H,2-6H2,1H3. The quantitative estimate of drug-likeness (QED) is 0.691. The van der Waals surface area contributed by atoms with Gasteiger partial charge < -0.3 is 10.2 Å². The smallest absolute Gasteiger partial charge is 0.0676 e. The van der Waals surface area contributed by atoms with E-state index in [9.17, 15) is 10.2 Å². The van der Waals surface area contributed by atoms with Crippen LogP contribution in [0.2, 0.25) is 0 Å². The van der Waals surface area contributed by atoms with E-state index in [1.807, 2.05) is 0 Å². The molecule has 8 aliphatic rings. The zero-order chi connectivity index (χ0) is 16.7. The number of hydrogen-bond acceptors (Lipinski definition) is 2. The highest BCUT2D eigenvalue weighted by atomic mass is 16.3. The number of rotatable bonds is 0. The minimum atomic E-state index is -0.298. The molecule has 0 amide bonds. The Morgan fingerprint density at radius 2 is 0.667 bits per heavy atom. The van der Waals surface area contributed by atoms with Crippen LogP contribution in [0.25, 0.3) is 0 Å². The maximum absolute atomic E-state index is 10.3. The van der Waals surface area contributed by atoms with Gasteiger partial charge in [0.25, 0.3) is 0 Å². The first-order chi connectivity index (χ1) is 11.3. The molecule has 2 nitrogen and oxygen atoms in total. The lowest BCUT2D eigenvalue weighted by atomic mass is 9.50. The second-order valence-electron chi connectivity index (χ2n) is 11.1. The van der Waals surface area contributed by atoms with Gasteiger partial charge in [-0.2, -0.15) is 0 Å². The maximum Gasteiger partial charge on any atom is 0.0676 e. The van der Waals surface area contributed by atoms with Gasteiger partial charge in [-0.1, -0.05) is 0 Å². The van der Waals surface area contributed by atoms with Gasteiger partial charge in [0.05, 0.1) is 11.2 Å². The van der Waals surface area contributed by atoms with Crippen LogP contribution in [0.15, 0.2) is 0 Å². The topological polar surface area (TPSA) is 40.5 Å². The van der Waals surface area contributed by atoms with Crippen molar-refractivity contribution in [3.8, 4) is 0 Å². The highest BCUT2D eigenvalue weighted by molar-refractivity contribution is 5.05. The summed E-state index contributed by atoms with van der Waals surface area (Å²) in [7, 11) is 0. The molecule has 0 aromatic carbocycles. The van der Waals surface area contributed by atoms with Crippen molar-refractivity contribution >= 4 is 0 Å². The van der Waals surface area contributed by atoms with Crippen molar-refractivity contribution in [2.24, 2.45) is 47.3 Å². The van der Waals surface area contributed by atoms with Gasteiger partial charge in [-0.3, -0.25) is 0 Å². The molecular formula is C22H36O2. The molecule has 0 atom stereocenters. The monoisotopic (exact) mass is 332 g/mol. The molecule has 0 heterocycles. The first-order valence-corrected chi connectivity index (χ1v) is 10.8. The molecule has 2 N–H and O–H groups in total. The van der Waals surface area contributed by atoms with Gasteiger partial charge in [0.15, 0.2) is 0 Å². The van der Waals surface area contributed by atoms with Gasteiger partial charge >= 0.3 is 0 Å². The molecule has 8 fully saturated rings. The molecular weight excluding hydrogens is 296 g/mol. The average Bonchev–Trinajstić information content (AvgIpc) is 2.50. The molecule has 0 saturated heterocycles. The normalized spacial score (nSPS) is 62.5. The van der Waals surface area contributed by atoms with E-state index >= 15 is 0 Å². The van der Waals surface area contributed by atoms with Crippen molar-refractivity contribution in [2.45, 2.75) is 89.3 Å². The molecule has 0 spiro atoms. The Morgan fingerprint density at radius 3 is 0.875 bits per heavy atom. The van der Waals surface area contributed by atoms with Crippen LogP contribution >= 0.6 is 0 Å². The minimum absolute atomic E-state index is 0.298. The second kappa shape index (κ2) is 5.22. The summed E-state index contributed by atoms with van der Waals surface area (Å²) in [6, 6.07) is 0. The summed E-state index contributed by atoms with van der Waals surface area (Å²) in [6.45, 7) is 4.17. The summed E-state index contributed by atoms with van der Waals surface area (Å²) in [6.07, 6.45) is 13.5. The van der Waals surface area contributed by atoms with Crippen LogP contribution in [-0.4, -0.2) is 21.4 Å². The van der Waals surface area contributed by atoms with Crippen molar-refractivity contribution in [3.63, 3.8) is 0 Å². The van der Waals surface area contributed by atoms with E-state index in [0.29, 0.717) is 23.7 Å².